The molecule has 7 nitrogen and oxygen atoms in total. The van der Waals surface area contributed by atoms with Gasteiger partial charge in [-0.05, 0) is 6.42 Å². The molecule has 0 bridgehead atoms. The summed E-state index contributed by atoms with van der Waals surface area (Å²) in [6.45, 7) is 0.116. The summed E-state index contributed by atoms with van der Waals surface area (Å²) in [6.07, 6.45) is 9.71. The molecule has 22 heavy (non-hydrogen) atoms. The average molecular weight is 410 g/mol. The van der Waals surface area contributed by atoms with Gasteiger partial charge in [0.1, 0.15) is 0 Å². The van der Waals surface area contributed by atoms with E-state index in [0.717, 1.165) is 18.5 Å². The molecule has 0 fully saturated rings. The largest absolute Gasteiger partial charge is 0.395 e. The van der Waals surface area contributed by atoms with E-state index in [1.54, 1.807) is 6.33 Å². The first-order valence-electron chi connectivity index (χ1n) is 7.03. The molecule has 0 spiro atoms. The Morgan fingerprint density at radius 2 is 2.32 bits per heavy atom. The number of hydrogen-bond acceptors (Lipinski definition) is 6. The van der Waals surface area contributed by atoms with Crippen LogP contribution in [-0.4, -0.2) is 34.7 Å². The standard InChI is InChI=1S/C14H15IN6O/c15-14(6-22)4-3-9(5-14)21-7-17-10-11(18-8-1-2-8)19-13(16)20-12(10)21/h1,3-4,7,9,22H,2,5-6H2,(H3,16,18,19,20). The number of hydrogen-bond donors (Lipinski definition) is 3. The third-order valence-electron chi connectivity index (χ3n) is 3.91. The van der Waals surface area contributed by atoms with Crippen LogP contribution in [0.4, 0.5) is 11.8 Å². The van der Waals surface area contributed by atoms with Crippen LogP contribution < -0.4 is 11.1 Å². The number of nitrogens with two attached hydrogens (primary N) is 1. The molecule has 0 saturated heterocycles. The maximum Gasteiger partial charge on any atom is 0.224 e. The van der Waals surface area contributed by atoms with Gasteiger partial charge in [-0.3, -0.25) is 0 Å². The Bertz CT molecular complexity index is 813. The number of halogens is 1. The van der Waals surface area contributed by atoms with Gasteiger partial charge in [0.05, 0.1) is 22.4 Å². The van der Waals surface area contributed by atoms with Gasteiger partial charge in [-0.1, -0.05) is 40.8 Å². The highest BCUT2D eigenvalue weighted by molar-refractivity contribution is 14.1. The Morgan fingerprint density at radius 1 is 1.50 bits per heavy atom. The summed E-state index contributed by atoms with van der Waals surface area (Å²) in [5.74, 6) is 0.873. The monoisotopic (exact) mass is 410 g/mol. The van der Waals surface area contributed by atoms with Crippen molar-refractivity contribution in [2.45, 2.75) is 22.3 Å². The van der Waals surface area contributed by atoms with E-state index < -0.39 is 0 Å². The summed E-state index contributed by atoms with van der Waals surface area (Å²) in [6, 6.07) is 0.108. The molecule has 0 radical (unpaired) electrons. The SMILES string of the molecule is Nc1nc(NC2=CC2)c2ncn(C3C=CC(I)(CO)C3)c2n1. The summed E-state index contributed by atoms with van der Waals surface area (Å²) in [7, 11) is 0. The number of anilines is 2. The fourth-order valence-electron chi connectivity index (χ4n) is 2.64. The van der Waals surface area contributed by atoms with Crippen molar-refractivity contribution in [3.05, 3.63) is 30.3 Å². The van der Waals surface area contributed by atoms with Crippen LogP contribution in [0.1, 0.15) is 18.9 Å². The summed E-state index contributed by atoms with van der Waals surface area (Å²) < 4.78 is 1.77. The summed E-state index contributed by atoms with van der Waals surface area (Å²) >= 11 is 2.28. The lowest BCUT2D eigenvalue weighted by molar-refractivity contribution is 0.268. The molecule has 2 aromatic heterocycles. The first-order valence-corrected chi connectivity index (χ1v) is 8.11. The smallest absolute Gasteiger partial charge is 0.224 e. The van der Waals surface area contributed by atoms with Gasteiger partial charge in [-0.15, -0.1) is 0 Å². The molecule has 8 heteroatoms. The lowest BCUT2D eigenvalue weighted by Crippen LogP contribution is -2.21. The van der Waals surface area contributed by atoms with Gasteiger partial charge in [-0.25, -0.2) is 4.98 Å². The predicted molar refractivity (Wildman–Crippen MR) is 92.7 cm³/mol. The maximum absolute atomic E-state index is 9.50. The Morgan fingerprint density at radius 3 is 3.00 bits per heavy atom. The Kier molecular flexibility index (Phi) is 3.12. The number of nitrogens with zero attached hydrogens (tertiary/aromatic N) is 4. The molecule has 114 valence electrons. The van der Waals surface area contributed by atoms with Crippen molar-refractivity contribution < 1.29 is 5.11 Å². The lowest BCUT2D eigenvalue weighted by atomic mass is 10.1. The van der Waals surface area contributed by atoms with Crippen LogP contribution in [0.15, 0.2) is 30.3 Å². The van der Waals surface area contributed by atoms with Crippen molar-refractivity contribution in [2.24, 2.45) is 0 Å². The van der Waals surface area contributed by atoms with Crippen molar-refractivity contribution in [2.75, 3.05) is 17.7 Å². The number of rotatable bonds is 4. The molecule has 4 rings (SSSR count). The number of alkyl halides is 1. The summed E-state index contributed by atoms with van der Waals surface area (Å²) in [4.78, 5) is 13.0. The number of aliphatic hydroxyl groups excluding tert-OH is 1. The fourth-order valence-corrected chi connectivity index (χ4v) is 3.30. The first-order chi connectivity index (χ1) is 10.6. The zero-order valence-corrected chi connectivity index (χ0v) is 13.9. The molecule has 2 aromatic rings. The number of fused-ring (bicyclic) bond motifs is 1. The van der Waals surface area contributed by atoms with Gasteiger partial charge < -0.3 is 20.7 Å². The van der Waals surface area contributed by atoms with E-state index in [9.17, 15) is 5.11 Å². The molecule has 0 aromatic carbocycles. The minimum atomic E-state index is -0.225. The molecule has 2 atom stereocenters. The highest BCUT2D eigenvalue weighted by Gasteiger charge is 2.33. The molecule has 4 N–H and O–H groups in total. The molecule has 0 amide bonds. The van der Waals surface area contributed by atoms with Crippen molar-refractivity contribution in [1.29, 1.82) is 0 Å². The van der Waals surface area contributed by atoms with E-state index in [1.807, 2.05) is 10.6 Å². The molecule has 2 heterocycles. The van der Waals surface area contributed by atoms with E-state index in [0.29, 0.717) is 17.0 Å². The molecule has 2 unspecified atom stereocenters. The second-order valence-electron chi connectivity index (χ2n) is 5.64. The van der Waals surface area contributed by atoms with Crippen molar-refractivity contribution in [1.82, 2.24) is 19.5 Å². The number of imidazole rings is 1. The summed E-state index contributed by atoms with van der Waals surface area (Å²) in [5.41, 5.74) is 8.40. The van der Waals surface area contributed by atoms with Crippen LogP contribution in [0.5, 0.6) is 0 Å². The zero-order chi connectivity index (χ0) is 15.3. The Balaban J connectivity index is 1.75. The predicted octanol–water partition coefficient (Wildman–Crippen LogP) is 1.78. The molecule has 0 aliphatic heterocycles. The fraction of sp³-hybridized carbons (Fsp3) is 0.357. The van der Waals surface area contributed by atoms with Crippen LogP contribution in [0.2, 0.25) is 0 Å². The third-order valence-corrected chi connectivity index (χ3v) is 5.05. The van der Waals surface area contributed by atoms with E-state index >= 15 is 0 Å². The van der Waals surface area contributed by atoms with E-state index in [2.05, 4.69) is 55.0 Å². The lowest BCUT2D eigenvalue weighted by Gasteiger charge is -2.19. The second-order valence-corrected chi connectivity index (χ2v) is 7.78. The zero-order valence-electron chi connectivity index (χ0n) is 11.7. The van der Waals surface area contributed by atoms with Crippen molar-refractivity contribution in [3.63, 3.8) is 0 Å². The first kappa shape index (κ1) is 13.9. The van der Waals surface area contributed by atoms with Gasteiger partial charge in [0.25, 0.3) is 0 Å². The minimum Gasteiger partial charge on any atom is -0.395 e. The van der Waals surface area contributed by atoms with Gasteiger partial charge in [0, 0.05) is 12.1 Å². The molecule has 2 aliphatic rings. The number of nitrogen functional groups attached to an aromatic ring is 1. The van der Waals surface area contributed by atoms with Crippen molar-refractivity contribution >= 4 is 45.5 Å². The second kappa shape index (κ2) is 4.92. The van der Waals surface area contributed by atoms with Gasteiger partial charge in [0.15, 0.2) is 17.0 Å². The quantitative estimate of drug-likeness (QED) is 0.404. The van der Waals surface area contributed by atoms with Crippen LogP contribution in [0, 0.1) is 0 Å². The topological polar surface area (TPSA) is 102 Å². The third kappa shape index (κ3) is 2.35. The number of aromatic nitrogens is 4. The summed E-state index contributed by atoms with van der Waals surface area (Å²) in [5, 5.41) is 12.7. The number of aliphatic hydroxyl groups is 1. The highest BCUT2D eigenvalue weighted by Crippen LogP contribution is 2.39. The molecular weight excluding hydrogens is 395 g/mol. The van der Waals surface area contributed by atoms with Gasteiger partial charge in [0.2, 0.25) is 5.95 Å². The molecular formula is C14H15IN6O. The average Bonchev–Trinajstić information content (AvgIpc) is 3.06. The molecule has 2 aliphatic carbocycles. The van der Waals surface area contributed by atoms with Crippen LogP contribution in [0.3, 0.4) is 0 Å². The van der Waals surface area contributed by atoms with Crippen LogP contribution in [-0.2, 0) is 0 Å². The highest BCUT2D eigenvalue weighted by atomic mass is 127. The Hall–Kier alpha value is -1.68. The van der Waals surface area contributed by atoms with Crippen molar-refractivity contribution in [3.8, 4) is 0 Å². The minimum absolute atomic E-state index is 0.108. The Labute approximate surface area is 140 Å². The van der Waals surface area contributed by atoms with Gasteiger partial charge >= 0.3 is 0 Å². The van der Waals surface area contributed by atoms with Crippen LogP contribution >= 0.6 is 22.6 Å². The van der Waals surface area contributed by atoms with E-state index in [4.69, 9.17) is 5.73 Å². The van der Waals surface area contributed by atoms with Gasteiger partial charge in [-0.2, -0.15) is 9.97 Å². The van der Waals surface area contributed by atoms with E-state index in [-0.39, 0.29) is 22.0 Å². The normalized spacial score (nSPS) is 26.5. The number of allylic oxidation sites excluding steroid dienone is 3. The molecule has 0 saturated carbocycles. The van der Waals surface area contributed by atoms with E-state index in [1.165, 1.54) is 0 Å². The van der Waals surface area contributed by atoms with Crippen LogP contribution in [0.25, 0.3) is 11.2 Å². The number of nitrogens with one attached hydrogen (secondary N) is 1. The maximum atomic E-state index is 9.50.